The number of amides is 1. The van der Waals surface area contributed by atoms with E-state index in [4.69, 9.17) is 0 Å². The van der Waals surface area contributed by atoms with Crippen LogP contribution < -0.4 is 5.32 Å². The van der Waals surface area contributed by atoms with Gasteiger partial charge < -0.3 is 5.32 Å². The monoisotopic (exact) mass is 379 g/mol. The molecule has 0 unspecified atom stereocenters. The summed E-state index contributed by atoms with van der Waals surface area (Å²) >= 11 is 0.944. The Balaban J connectivity index is 1.61. The molecular weight excluding hydrogens is 365 g/mol. The van der Waals surface area contributed by atoms with Crippen LogP contribution in [-0.4, -0.2) is 28.8 Å². The van der Waals surface area contributed by atoms with Crippen molar-refractivity contribution in [3.8, 4) is 0 Å². The lowest BCUT2D eigenvalue weighted by Crippen LogP contribution is -2.25. The first kappa shape index (κ1) is 17.4. The van der Waals surface area contributed by atoms with Gasteiger partial charge in [0.15, 0.2) is 9.84 Å². The number of halogens is 1. The maximum absolute atomic E-state index is 12.8. The van der Waals surface area contributed by atoms with E-state index in [1.807, 2.05) is 0 Å². The van der Waals surface area contributed by atoms with Crippen LogP contribution in [0.1, 0.15) is 12.0 Å². The Morgan fingerprint density at radius 1 is 1.12 bits per heavy atom. The first-order valence-electron chi connectivity index (χ1n) is 7.41. The Morgan fingerprint density at radius 2 is 1.88 bits per heavy atom. The number of nitrogens with zero attached hydrogens (tertiary/aromatic N) is 2. The van der Waals surface area contributed by atoms with E-state index in [2.05, 4.69) is 14.1 Å². The number of nitrogens with one attached hydrogen (secondary N) is 1. The highest BCUT2D eigenvalue weighted by atomic mass is 32.2. The van der Waals surface area contributed by atoms with Gasteiger partial charge in [0, 0.05) is 13.0 Å². The van der Waals surface area contributed by atoms with Crippen molar-refractivity contribution >= 4 is 38.5 Å². The van der Waals surface area contributed by atoms with Crippen molar-refractivity contribution in [1.82, 2.24) is 14.1 Å². The average Bonchev–Trinajstić information content (AvgIpc) is 3.08. The van der Waals surface area contributed by atoms with Crippen LogP contribution >= 0.6 is 11.7 Å². The lowest BCUT2D eigenvalue weighted by Gasteiger charge is -2.07. The zero-order valence-corrected chi connectivity index (χ0v) is 14.6. The van der Waals surface area contributed by atoms with Crippen molar-refractivity contribution in [1.29, 1.82) is 0 Å². The maximum Gasteiger partial charge on any atom is 0.221 e. The lowest BCUT2D eigenvalue weighted by atomic mass is 10.2. The third-order valence-corrected chi connectivity index (χ3v) is 5.87. The second-order valence-corrected chi connectivity index (χ2v) is 7.97. The van der Waals surface area contributed by atoms with Gasteiger partial charge in [-0.15, -0.1) is 0 Å². The number of rotatable bonds is 6. The highest BCUT2D eigenvalue weighted by Gasteiger charge is 2.20. The standard InChI is InChI=1S/C16H14FN3O3S2/c17-12-6-4-11(5-7-12)10-18-15(21)8-9-25(22,23)14-3-1-2-13-16(14)20-24-19-13/h1-7H,8-10H2,(H,18,21). The zero-order chi connectivity index (χ0) is 17.9. The number of fused-ring (bicyclic) bond motifs is 1. The molecule has 9 heteroatoms. The molecule has 0 aliphatic carbocycles. The van der Waals surface area contributed by atoms with Gasteiger partial charge in [-0.3, -0.25) is 4.79 Å². The summed E-state index contributed by atoms with van der Waals surface area (Å²) in [5.41, 5.74) is 1.59. The third-order valence-electron chi connectivity index (χ3n) is 3.58. The molecule has 6 nitrogen and oxygen atoms in total. The molecule has 1 amide bonds. The molecule has 0 spiro atoms. The van der Waals surface area contributed by atoms with Crippen molar-refractivity contribution in [2.45, 2.75) is 17.9 Å². The van der Waals surface area contributed by atoms with Gasteiger partial charge in [0.2, 0.25) is 5.91 Å². The molecule has 0 saturated heterocycles. The molecule has 3 aromatic rings. The first-order chi connectivity index (χ1) is 12.0. The van der Waals surface area contributed by atoms with Crippen LogP contribution in [0.5, 0.6) is 0 Å². The molecule has 0 aliphatic heterocycles. The van der Waals surface area contributed by atoms with Crippen molar-refractivity contribution in [2.75, 3.05) is 5.75 Å². The minimum absolute atomic E-state index is 0.0880. The largest absolute Gasteiger partial charge is 0.352 e. The number of aromatic nitrogens is 2. The molecular formula is C16H14FN3O3S2. The number of sulfone groups is 1. The summed E-state index contributed by atoms with van der Waals surface area (Å²) in [6, 6.07) is 10.5. The second kappa shape index (κ2) is 7.24. The van der Waals surface area contributed by atoms with Gasteiger partial charge >= 0.3 is 0 Å². The summed E-state index contributed by atoms with van der Waals surface area (Å²) in [7, 11) is -3.65. The van der Waals surface area contributed by atoms with Crippen molar-refractivity contribution in [3.63, 3.8) is 0 Å². The van der Waals surface area contributed by atoms with E-state index in [-0.39, 0.29) is 29.4 Å². The molecule has 0 radical (unpaired) electrons. The molecule has 2 aromatic carbocycles. The molecule has 0 fully saturated rings. The maximum atomic E-state index is 12.8. The molecule has 130 valence electrons. The summed E-state index contributed by atoms with van der Waals surface area (Å²) in [5, 5.41) is 2.62. The van der Waals surface area contributed by atoms with E-state index in [9.17, 15) is 17.6 Å². The summed E-state index contributed by atoms with van der Waals surface area (Å²) in [6.07, 6.45) is -0.169. The van der Waals surface area contributed by atoms with Crippen LogP contribution in [0.15, 0.2) is 47.4 Å². The van der Waals surface area contributed by atoms with E-state index in [0.717, 1.165) is 17.3 Å². The summed E-state index contributed by atoms with van der Waals surface area (Å²) in [6.45, 7) is 0.213. The van der Waals surface area contributed by atoms with Gasteiger partial charge in [0.05, 0.1) is 22.4 Å². The van der Waals surface area contributed by atoms with Crippen molar-refractivity contribution in [3.05, 3.63) is 53.8 Å². The second-order valence-electron chi connectivity index (χ2n) is 5.36. The van der Waals surface area contributed by atoms with E-state index in [0.29, 0.717) is 11.0 Å². The van der Waals surface area contributed by atoms with Gasteiger partial charge in [0.1, 0.15) is 16.9 Å². The predicted octanol–water partition coefficient (Wildman–Crippen LogP) is 2.31. The molecule has 0 saturated carbocycles. The fourth-order valence-corrected chi connectivity index (χ4v) is 4.27. The Kier molecular flexibility index (Phi) is 5.05. The minimum Gasteiger partial charge on any atom is -0.352 e. The summed E-state index contributed by atoms with van der Waals surface area (Å²) in [4.78, 5) is 12.0. The van der Waals surface area contributed by atoms with Crippen LogP contribution in [0.3, 0.4) is 0 Å². The average molecular weight is 379 g/mol. The topological polar surface area (TPSA) is 89.0 Å². The van der Waals surface area contributed by atoms with Gasteiger partial charge in [-0.05, 0) is 29.8 Å². The summed E-state index contributed by atoms with van der Waals surface area (Å²) in [5.74, 6) is -1.07. The molecule has 1 heterocycles. The lowest BCUT2D eigenvalue weighted by molar-refractivity contribution is -0.120. The van der Waals surface area contributed by atoms with Crippen LogP contribution in [0.2, 0.25) is 0 Å². The zero-order valence-electron chi connectivity index (χ0n) is 13.0. The van der Waals surface area contributed by atoms with Gasteiger partial charge in [-0.25, -0.2) is 12.8 Å². The van der Waals surface area contributed by atoms with Gasteiger partial charge in [-0.1, -0.05) is 18.2 Å². The van der Waals surface area contributed by atoms with Crippen molar-refractivity contribution < 1.29 is 17.6 Å². The Labute approximate surface area is 147 Å². The first-order valence-corrected chi connectivity index (χ1v) is 9.79. The Morgan fingerprint density at radius 3 is 2.64 bits per heavy atom. The van der Waals surface area contributed by atoms with E-state index in [1.165, 1.54) is 18.2 Å². The highest BCUT2D eigenvalue weighted by molar-refractivity contribution is 7.91. The molecule has 25 heavy (non-hydrogen) atoms. The fourth-order valence-electron chi connectivity index (χ4n) is 2.26. The molecule has 1 aromatic heterocycles. The molecule has 3 rings (SSSR count). The number of benzene rings is 2. The number of hydrogen-bond donors (Lipinski definition) is 1. The summed E-state index contributed by atoms with van der Waals surface area (Å²) < 4.78 is 45.8. The minimum atomic E-state index is -3.65. The van der Waals surface area contributed by atoms with E-state index < -0.39 is 15.7 Å². The normalized spacial score (nSPS) is 11.6. The van der Waals surface area contributed by atoms with Crippen LogP contribution in [0.4, 0.5) is 4.39 Å². The quantitative estimate of drug-likeness (QED) is 0.710. The predicted molar refractivity (Wildman–Crippen MR) is 92.3 cm³/mol. The van der Waals surface area contributed by atoms with E-state index >= 15 is 0 Å². The molecule has 1 N–H and O–H groups in total. The number of carbonyl (C=O) groups is 1. The molecule has 0 bridgehead atoms. The van der Waals surface area contributed by atoms with Gasteiger partial charge in [-0.2, -0.15) is 8.75 Å². The Hall–Kier alpha value is -2.39. The van der Waals surface area contributed by atoms with E-state index in [1.54, 1.807) is 24.3 Å². The van der Waals surface area contributed by atoms with Crippen LogP contribution in [0.25, 0.3) is 11.0 Å². The Bertz CT molecular complexity index is 1000. The van der Waals surface area contributed by atoms with Crippen molar-refractivity contribution in [2.24, 2.45) is 0 Å². The van der Waals surface area contributed by atoms with Gasteiger partial charge in [0.25, 0.3) is 0 Å². The molecule has 0 atom stereocenters. The third kappa shape index (κ3) is 4.18. The smallest absolute Gasteiger partial charge is 0.221 e. The highest BCUT2D eigenvalue weighted by Crippen LogP contribution is 2.22. The SMILES string of the molecule is O=C(CCS(=O)(=O)c1cccc2nsnc12)NCc1ccc(F)cc1. The fraction of sp³-hybridized carbons (Fsp3) is 0.188. The number of hydrogen-bond acceptors (Lipinski definition) is 6. The van der Waals surface area contributed by atoms with Crippen LogP contribution in [-0.2, 0) is 21.2 Å². The number of carbonyl (C=O) groups excluding carboxylic acids is 1. The molecule has 0 aliphatic rings. The van der Waals surface area contributed by atoms with Crippen LogP contribution in [0, 0.1) is 5.82 Å².